The van der Waals surface area contributed by atoms with Crippen molar-refractivity contribution in [2.45, 2.75) is 47.3 Å². The van der Waals surface area contributed by atoms with E-state index in [4.69, 9.17) is 23.8 Å². The average Bonchev–Trinajstić information content (AvgIpc) is 3.16. The van der Waals surface area contributed by atoms with E-state index in [1.54, 1.807) is 6.07 Å². The molecule has 1 aromatic carbocycles. The molecule has 2 N–H and O–H groups in total. The van der Waals surface area contributed by atoms with Crippen LogP contribution >= 0.6 is 23.8 Å². The van der Waals surface area contributed by atoms with Gasteiger partial charge in [-0.25, -0.2) is 4.39 Å². The van der Waals surface area contributed by atoms with Gasteiger partial charge in [-0.15, -0.1) is 0 Å². The number of hydrogen-bond acceptors (Lipinski definition) is 3. The summed E-state index contributed by atoms with van der Waals surface area (Å²) < 4.78 is 17.0. The van der Waals surface area contributed by atoms with Crippen LogP contribution in [0.1, 0.15) is 35.1 Å². The Bertz CT molecular complexity index is 1040. The van der Waals surface area contributed by atoms with Crippen LogP contribution in [-0.4, -0.2) is 24.7 Å². The largest absolute Gasteiger partial charge is 0.358 e. The van der Waals surface area contributed by atoms with Crippen LogP contribution in [0.25, 0.3) is 0 Å². The highest BCUT2D eigenvalue weighted by atomic mass is 35.5. The van der Waals surface area contributed by atoms with Gasteiger partial charge in [0, 0.05) is 29.9 Å². The molecule has 0 spiro atoms. The Morgan fingerprint density at radius 3 is 2.59 bits per heavy atom. The second-order valence-electron chi connectivity index (χ2n) is 6.84. The van der Waals surface area contributed by atoms with E-state index in [0.717, 1.165) is 40.4 Å². The SMILES string of the molecule is CCn1cc(CNC(=S)Nc2c(C)nn(Cc3ccc(F)cc3Cl)c2C)c(C)n1. The highest BCUT2D eigenvalue weighted by Crippen LogP contribution is 2.23. The van der Waals surface area contributed by atoms with E-state index in [-0.39, 0.29) is 5.82 Å². The molecule has 0 saturated heterocycles. The third-order valence-electron chi connectivity index (χ3n) is 4.77. The molecule has 0 aliphatic heterocycles. The van der Waals surface area contributed by atoms with E-state index in [9.17, 15) is 4.39 Å². The molecule has 29 heavy (non-hydrogen) atoms. The standard InChI is InChI=1S/C20H24ClFN6S/c1-5-27-10-16(12(2)25-27)9-23-20(29)24-19-13(3)26-28(14(19)4)11-15-6-7-17(22)8-18(15)21/h6-8,10H,5,9,11H2,1-4H3,(H2,23,24,29). The van der Waals surface area contributed by atoms with Crippen LogP contribution in [0.4, 0.5) is 10.1 Å². The Labute approximate surface area is 180 Å². The summed E-state index contributed by atoms with van der Waals surface area (Å²) in [5.41, 5.74) is 5.47. The number of benzene rings is 1. The van der Waals surface area contributed by atoms with Crippen molar-refractivity contribution in [2.75, 3.05) is 5.32 Å². The molecule has 2 aromatic heterocycles. The highest BCUT2D eigenvalue weighted by Gasteiger charge is 2.14. The number of aryl methyl sites for hydroxylation is 3. The van der Waals surface area contributed by atoms with Crippen molar-refractivity contribution in [3.8, 4) is 0 Å². The lowest BCUT2D eigenvalue weighted by molar-refractivity contribution is 0.622. The van der Waals surface area contributed by atoms with Crippen molar-refractivity contribution in [1.82, 2.24) is 24.9 Å². The van der Waals surface area contributed by atoms with Gasteiger partial charge in [-0.1, -0.05) is 17.7 Å². The van der Waals surface area contributed by atoms with E-state index in [0.29, 0.717) is 23.2 Å². The van der Waals surface area contributed by atoms with Gasteiger partial charge in [0.05, 0.1) is 29.3 Å². The Balaban J connectivity index is 1.67. The van der Waals surface area contributed by atoms with E-state index in [1.165, 1.54) is 12.1 Å². The topological polar surface area (TPSA) is 59.7 Å². The summed E-state index contributed by atoms with van der Waals surface area (Å²) in [6.45, 7) is 9.78. The van der Waals surface area contributed by atoms with Crippen molar-refractivity contribution < 1.29 is 4.39 Å². The van der Waals surface area contributed by atoms with Gasteiger partial charge >= 0.3 is 0 Å². The molecule has 3 rings (SSSR count). The van der Waals surface area contributed by atoms with Gasteiger partial charge in [-0.3, -0.25) is 9.36 Å². The number of rotatable bonds is 6. The molecule has 0 unspecified atom stereocenters. The molecule has 9 heteroatoms. The monoisotopic (exact) mass is 434 g/mol. The van der Waals surface area contributed by atoms with Crippen LogP contribution < -0.4 is 10.6 Å². The Hall–Kier alpha value is -2.45. The van der Waals surface area contributed by atoms with Gasteiger partial charge in [-0.2, -0.15) is 10.2 Å². The van der Waals surface area contributed by atoms with Gasteiger partial charge in [0.15, 0.2) is 5.11 Å². The Kier molecular flexibility index (Phi) is 6.54. The summed E-state index contributed by atoms with van der Waals surface area (Å²) in [7, 11) is 0. The minimum absolute atomic E-state index is 0.356. The van der Waals surface area contributed by atoms with Crippen molar-refractivity contribution in [1.29, 1.82) is 0 Å². The quantitative estimate of drug-likeness (QED) is 0.565. The van der Waals surface area contributed by atoms with Crippen LogP contribution in [0.3, 0.4) is 0 Å². The Morgan fingerprint density at radius 2 is 1.93 bits per heavy atom. The number of halogens is 2. The first-order valence-corrected chi connectivity index (χ1v) is 10.1. The normalized spacial score (nSPS) is 11.0. The van der Waals surface area contributed by atoms with Crippen molar-refractivity contribution in [2.24, 2.45) is 0 Å². The molecule has 3 aromatic rings. The zero-order valence-electron chi connectivity index (χ0n) is 16.9. The molecule has 0 radical (unpaired) electrons. The lowest BCUT2D eigenvalue weighted by Gasteiger charge is -2.11. The van der Waals surface area contributed by atoms with Crippen molar-refractivity contribution in [3.63, 3.8) is 0 Å². The zero-order chi connectivity index (χ0) is 21.1. The molecule has 0 atom stereocenters. The van der Waals surface area contributed by atoms with Crippen LogP contribution in [-0.2, 0) is 19.6 Å². The average molecular weight is 435 g/mol. The molecule has 6 nitrogen and oxygen atoms in total. The number of nitrogens with one attached hydrogen (secondary N) is 2. The number of aromatic nitrogens is 4. The maximum Gasteiger partial charge on any atom is 0.171 e. The first kappa shape index (κ1) is 21.3. The third-order valence-corrected chi connectivity index (χ3v) is 5.36. The van der Waals surface area contributed by atoms with Gasteiger partial charge in [0.25, 0.3) is 0 Å². The molecule has 0 amide bonds. The summed E-state index contributed by atoms with van der Waals surface area (Å²) in [4.78, 5) is 0. The fourth-order valence-corrected chi connectivity index (χ4v) is 3.47. The van der Waals surface area contributed by atoms with Crippen molar-refractivity contribution >= 4 is 34.6 Å². The molecule has 0 saturated carbocycles. The van der Waals surface area contributed by atoms with Crippen LogP contribution in [0.5, 0.6) is 0 Å². The summed E-state index contributed by atoms with van der Waals surface area (Å²) in [6, 6.07) is 4.38. The maximum atomic E-state index is 13.3. The fraction of sp³-hybridized carbons (Fsp3) is 0.350. The second kappa shape index (κ2) is 8.92. The maximum absolute atomic E-state index is 13.3. The summed E-state index contributed by atoms with van der Waals surface area (Å²) >= 11 is 11.6. The predicted molar refractivity (Wildman–Crippen MR) is 118 cm³/mol. The number of nitrogens with zero attached hydrogens (tertiary/aromatic N) is 4. The van der Waals surface area contributed by atoms with E-state index < -0.39 is 0 Å². The number of thiocarbonyl (C=S) groups is 1. The van der Waals surface area contributed by atoms with Crippen LogP contribution in [0.15, 0.2) is 24.4 Å². The third kappa shape index (κ3) is 4.94. The number of anilines is 1. The van der Waals surface area contributed by atoms with Gasteiger partial charge < -0.3 is 10.6 Å². The smallest absolute Gasteiger partial charge is 0.171 e. The zero-order valence-corrected chi connectivity index (χ0v) is 18.5. The predicted octanol–water partition coefficient (Wildman–Crippen LogP) is 4.35. The van der Waals surface area contributed by atoms with E-state index >= 15 is 0 Å². The van der Waals surface area contributed by atoms with Crippen LogP contribution in [0, 0.1) is 26.6 Å². The first-order chi connectivity index (χ1) is 13.8. The Morgan fingerprint density at radius 1 is 1.17 bits per heavy atom. The first-order valence-electron chi connectivity index (χ1n) is 9.34. The molecule has 2 heterocycles. The molecule has 154 valence electrons. The van der Waals surface area contributed by atoms with Crippen molar-refractivity contribution in [3.05, 3.63) is 63.4 Å². The van der Waals surface area contributed by atoms with E-state index in [1.807, 2.05) is 36.3 Å². The van der Waals surface area contributed by atoms with Gasteiger partial charge in [0.2, 0.25) is 0 Å². The minimum Gasteiger partial charge on any atom is -0.358 e. The molecule has 0 fully saturated rings. The van der Waals surface area contributed by atoms with Crippen LogP contribution in [0.2, 0.25) is 5.02 Å². The minimum atomic E-state index is -0.356. The molecular formula is C20H24ClFN6S. The summed E-state index contributed by atoms with van der Waals surface area (Å²) in [5.74, 6) is -0.356. The van der Waals surface area contributed by atoms with Gasteiger partial charge in [0.1, 0.15) is 5.82 Å². The molecule has 0 aliphatic carbocycles. The lowest BCUT2D eigenvalue weighted by Crippen LogP contribution is -2.28. The lowest BCUT2D eigenvalue weighted by atomic mass is 10.2. The highest BCUT2D eigenvalue weighted by molar-refractivity contribution is 7.80. The van der Waals surface area contributed by atoms with E-state index in [2.05, 4.69) is 27.8 Å². The summed E-state index contributed by atoms with van der Waals surface area (Å²) in [6.07, 6.45) is 2.02. The van der Waals surface area contributed by atoms with Gasteiger partial charge in [-0.05, 0) is 57.6 Å². The number of hydrogen-bond donors (Lipinski definition) is 2. The molecule has 0 aliphatic rings. The molecule has 0 bridgehead atoms. The molecular weight excluding hydrogens is 411 g/mol. The summed E-state index contributed by atoms with van der Waals surface area (Å²) in [5, 5.41) is 16.4. The fourth-order valence-electron chi connectivity index (χ4n) is 3.07. The second-order valence-corrected chi connectivity index (χ2v) is 7.66.